The number of carbonyl (C=O) groups excluding carboxylic acids is 2. The second-order valence-electron chi connectivity index (χ2n) is 4.35. The number of rotatable bonds is 8. The van der Waals surface area contributed by atoms with E-state index in [1.165, 1.54) is 7.11 Å². The van der Waals surface area contributed by atoms with E-state index in [1.807, 2.05) is 6.92 Å². The molecule has 0 aliphatic rings. The number of anilines is 1. The predicted octanol–water partition coefficient (Wildman–Crippen LogP) is 1.76. The largest absolute Gasteiger partial charge is 0.469 e. The molecule has 0 bridgehead atoms. The van der Waals surface area contributed by atoms with Crippen molar-refractivity contribution in [3.63, 3.8) is 0 Å². The number of urea groups is 1. The van der Waals surface area contributed by atoms with Gasteiger partial charge >= 0.3 is 12.0 Å². The average Bonchev–Trinajstić information content (AvgIpc) is 2.89. The van der Waals surface area contributed by atoms with Gasteiger partial charge in [0.15, 0.2) is 0 Å². The van der Waals surface area contributed by atoms with Crippen LogP contribution < -0.4 is 10.6 Å². The van der Waals surface area contributed by atoms with Crippen LogP contribution >= 0.6 is 0 Å². The number of esters is 1. The topological polar surface area (TPSA) is 85.2 Å². The SMILES string of the molecule is CCn1cc(NC(=O)NCCCCCC(=O)OC)cn1. The van der Waals surface area contributed by atoms with E-state index in [0.29, 0.717) is 18.7 Å². The number of carbonyl (C=O) groups is 2. The molecule has 112 valence electrons. The molecule has 1 heterocycles. The Morgan fingerprint density at radius 2 is 2.15 bits per heavy atom. The zero-order valence-corrected chi connectivity index (χ0v) is 12.0. The minimum absolute atomic E-state index is 0.191. The van der Waals surface area contributed by atoms with Gasteiger partial charge in [-0.15, -0.1) is 0 Å². The first-order valence-corrected chi connectivity index (χ1v) is 6.79. The monoisotopic (exact) mass is 282 g/mol. The van der Waals surface area contributed by atoms with Crippen molar-refractivity contribution < 1.29 is 14.3 Å². The van der Waals surface area contributed by atoms with Crippen molar-refractivity contribution in [1.29, 1.82) is 0 Å². The quantitative estimate of drug-likeness (QED) is 0.562. The van der Waals surface area contributed by atoms with Crippen LogP contribution in [-0.4, -0.2) is 35.4 Å². The van der Waals surface area contributed by atoms with E-state index in [9.17, 15) is 9.59 Å². The molecule has 0 aliphatic carbocycles. The van der Waals surface area contributed by atoms with Crippen LogP contribution in [0, 0.1) is 0 Å². The molecular weight excluding hydrogens is 260 g/mol. The number of ether oxygens (including phenoxy) is 1. The third kappa shape index (κ3) is 6.21. The molecular formula is C13H22N4O3. The van der Waals surface area contributed by atoms with Gasteiger partial charge in [0, 0.05) is 25.7 Å². The molecule has 0 fully saturated rings. The Morgan fingerprint density at radius 3 is 2.80 bits per heavy atom. The molecule has 2 N–H and O–H groups in total. The van der Waals surface area contributed by atoms with Crippen molar-refractivity contribution in [3.05, 3.63) is 12.4 Å². The zero-order chi connectivity index (χ0) is 14.8. The highest BCUT2D eigenvalue weighted by Crippen LogP contribution is 2.04. The third-order valence-corrected chi connectivity index (χ3v) is 2.79. The number of aromatic nitrogens is 2. The molecule has 20 heavy (non-hydrogen) atoms. The molecule has 0 atom stereocenters. The number of unbranched alkanes of at least 4 members (excludes halogenated alkanes) is 2. The van der Waals surface area contributed by atoms with Crippen molar-refractivity contribution in [2.24, 2.45) is 0 Å². The molecule has 0 aliphatic heterocycles. The van der Waals surface area contributed by atoms with E-state index in [2.05, 4.69) is 20.5 Å². The second kappa shape index (κ2) is 8.95. The summed E-state index contributed by atoms with van der Waals surface area (Å²) in [4.78, 5) is 22.4. The van der Waals surface area contributed by atoms with Crippen LogP contribution in [-0.2, 0) is 16.1 Å². The number of methoxy groups -OCH3 is 1. The lowest BCUT2D eigenvalue weighted by molar-refractivity contribution is -0.140. The van der Waals surface area contributed by atoms with Gasteiger partial charge in [0.1, 0.15) is 0 Å². The van der Waals surface area contributed by atoms with Gasteiger partial charge in [-0.25, -0.2) is 4.79 Å². The summed E-state index contributed by atoms with van der Waals surface area (Å²) in [5, 5.41) is 9.53. The van der Waals surface area contributed by atoms with E-state index < -0.39 is 0 Å². The third-order valence-electron chi connectivity index (χ3n) is 2.79. The molecule has 0 spiro atoms. The Labute approximate surface area is 118 Å². The molecule has 0 saturated carbocycles. The van der Waals surface area contributed by atoms with Crippen LogP contribution in [0.5, 0.6) is 0 Å². The molecule has 0 saturated heterocycles. The minimum atomic E-state index is -0.242. The molecule has 2 amide bonds. The summed E-state index contributed by atoms with van der Waals surface area (Å²) < 4.78 is 6.28. The summed E-state index contributed by atoms with van der Waals surface area (Å²) >= 11 is 0. The molecule has 1 aromatic heterocycles. The van der Waals surface area contributed by atoms with Gasteiger partial charge in [0.2, 0.25) is 0 Å². The number of nitrogens with zero attached hydrogens (tertiary/aromatic N) is 2. The molecule has 1 rings (SSSR count). The van der Waals surface area contributed by atoms with Gasteiger partial charge in [0.05, 0.1) is 19.0 Å². The normalized spacial score (nSPS) is 10.1. The van der Waals surface area contributed by atoms with Crippen molar-refractivity contribution in [2.45, 2.75) is 39.2 Å². The van der Waals surface area contributed by atoms with Crippen LogP contribution in [0.3, 0.4) is 0 Å². The number of amides is 2. The number of aryl methyl sites for hydroxylation is 1. The zero-order valence-electron chi connectivity index (χ0n) is 12.0. The maximum atomic E-state index is 11.6. The number of hydrogen-bond acceptors (Lipinski definition) is 4. The Balaban J connectivity index is 2.07. The first-order valence-electron chi connectivity index (χ1n) is 6.79. The fourth-order valence-corrected chi connectivity index (χ4v) is 1.65. The molecule has 0 radical (unpaired) electrons. The summed E-state index contributed by atoms with van der Waals surface area (Å²) in [5.74, 6) is -0.191. The van der Waals surface area contributed by atoms with Gasteiger partial charge < -0.3 is 15.4 Å². The summed E-state index contributed by atoms with van der Waals surface area (Å²) in [6, 6.07) is -0.242. The van der Waals surface area contributed by atoms with Gasteiger partial charge in [-0.05, 0) is 19.8 Å². The number of nitrogens with one attached hydrogen (secondary N) is 2. The van der Waals surface area contributed by atoms with Crippen LogP contribution in [0.25, 0.3) is 0 Å². The van der Waals surface area contributed by atoms with E-state index in [1.54, 1.807) is 17.1 Å². The molecule has 0 unspecified atom stereocenters. The van der Waals surface area contributed by atoms with Gasteiger partial charge in [0.25, 0.3) is 0 Å². The Kier molecular flexibility index (Phi) is 7.16. The fourth-order valence-electron chi connectivity index (χ4n) is 1.65. The smallest absolute Gasteiger partial charge is 0.319 e. The van der Waals surface area contributed by atoms with Crippen molar-refractivity contribution >= 4 is 17.7 Å². The summed E-state index contributed by atoms with van der Waals surface area (Å²) in [6.45, 7) is 3.32. The molecule has 0 aromatic carbocycles. The highest BCUT2D eigenvalue weighted by molar-refractivity contribution is 5.88. The maximum absolute atomic E-state index is 11.6. The van der Waals surface area contributed by atoms with Crippen LogP contribution in [0.4, 0.5) is 10.5 Å². The van der Waals surface area contributed by atoms with Crippen LogP contribution in [0.1, 0.15) is 32.6 Å². The second-order valence-corrected chi connectivity index (χ2v) is 4.35. The number of hydrogen-bond donors (Lipinski definition) is 2. The average molecular weight is 282 g/mol. The van der Waals surface area contributed by atoms with Crippen molar-refractivity contribution in [3.8, 4) is 0 Å². The van der Waals surface area contributed by atoms with E-state index in [4.69, 9.17) is 0 Å². The minimum Gasteiger partial charge on any atom is -0.469 e. The van der Waals surface area contributed by atoms with Crippen LogP contribution in [0.2, 0.25) is 0 Å². The van der Waals surface area contributed by atoms with E-state index in [0.717, 1.165) is 25.8 Å². The van der Waals surface area contributed by atoms with Gasteiger partial charge in [-0.1, -0.05) is 6.42 Å². The lowest BCUT2D eigenvalue weighted by Gasteiger charge is -2.05. The summed E-state index contributed by atoms with van der Waals surface area (Å²) in [6.07, 6.45) is 6.30. The molecule has 1 aromatic rings. The van der Waals surface area contributed by atoms with E-state index >= 15 is 0 Å². The van der Waals surface area contributed by atoms with E-state index in [-0.39, 0.29) is 12.0 Å². The molecule has 7 nitrogen and oxygen atoms in total. The summed E-state index contributed by atoms with van der Waals surface area (Å²) in [5.41, 5.74) is 0.676. The molecule has 7 heteroatoms. The highest BCUT2D eigenvalue weighted by Gasteiger charge is 2.03. The van der Waals surface area contributed by atoms with Gasteiger partial charge in [-0.2, -0.15) is 5.10 Å². The first-order chi connectivity index (χ1) is 9.65. The van der Waals surface area contributed by atoms with Crippen molar-refractivity contribution in [2.75, 3.05) is 19.0 Å². The standard InChI is InChI=1S/C13H22N4O3/c1-3-17-10-11(9-15-17)16-13(19)14-8-6-4-5-7-12(18)20-2/h9-10H,3-8H2,1-2H3,(H2,14,16,19). The lowest BCUT2D eigenvalue weighted by Crippen LogP contribution is -2.29. The lowest BCUT2D eigenvalue weighted by atomic mass is 10.2. The summed E-state index contributed by atoms with van der Waals surface area (Å²) in [7, 11) is 1.38. The van der Waals surface area contributed by atoms with Crippen LogP contribution in [0.15, 0.2) is 12.4 Å². The Morgan fingerprint density at radius 1 is 1.35 bits per heavy atom. The maximum Gasteiger partial charge on any atom is 0.319 e. The van der Waals surface area contributed by atoms with Gasteiger partial charge in [-0.3, -0.25) is 9.48 Å². The van der Waals surface area contributed by atoms with Crippen molar-refractivity contribution in [1.82, 2.24) is 15.1 Å². The predicted molar refractivity (Wildman–Crippen MR) is 75.4 cm³/mol. The highest BCUT2D eigenvalue weighted by atomic mass is 16.5. The Hall–Kier alpha value is -2.05. The Bertz CT molecular complexity index is 431. The first kappa shape index (κ1) is 16.0. The fraction of sp³-hybridized carbons (Fsp3) is 0.615.